The van der Waals surface area contributed by atoms with Crippen LogP contribution in [0.4, 0.5) is 0 Å². The van der Waals surface area contributed by atoms with E-state index >= 15 is 0 Å². The van der Waals surface area contributed by atoms with Crippen LogP contribution in [0.2, 0.25) is 0 Å². The van der Waals surface area contributed by atoms with E-state index in [1.807, 2.05) is 14.0 Å². The van der Waals surface area contributed by atoms with Gasteiger partial charge in [0, 0.05) is 26.7 Å². The third-order valence-electron chi connectivity index (χ3n) is 2.89. The van der Waals surface area contributed by atoms with Crippen LogP contribution in [0.5, 0.6) is 0 Å². The summed E-state index contributed by atoms with van der Waals surface area (Å²) in [5, 5.41) is 12.1. The number of carboxylic acids is 1. The highest BCUT2D eigenvalue weighted by atomic mass is 16.5. The Kier molecular flexibility index (Phi) is 6.55. The zero-order valence-corrected chi connectivity index (χ0v) is 11.7. The second kappa shape index (κ2) is 7.93. The first-order valence-corrected chi connectivity index (χ1v) is 6.28. The number of methoxy groups -OCH3 is 1. The molecule has 0 aliphatic heterocycles. The highest BCUT2D eigenvalue weighted by Crippen LogP contribution is 2.15. The SMILES string of the molecule is COCCN(C)CCNC(C)c1ccc(C(=O)O)o1. The molecule has 1 atom stereocenters. The Morgan fingerprint density at radius 2 is 2.26 bits per heavy atom. The second-order valence-corrected chi connectivity index (χ2v) is 4.48. The molecule has 0 saturated heterocycles. The highest BCUT2D eigenvalue weighted by Gasteiger charge is 2.13. The molecule has 0 aliphatic carbocycles. The molecule has 108 valence electrons. The Bertz CT molecular complexity index is 392. The molecule has 6 nitrogen and oxygen atoms in total. The number of carbonyl (C=O) groups is 1. The number of hydrogen-bond acceptors (Lipinski definition) is 5. The summed E-state index contributed by atoms with van der Waals surface area (Å²) < 4.78 is 10.2. The molecular formula is C13H22N2O4. The Labute approximate surface area is 113 Å². The molecule has 0 fully saturated rings. The third-order valence-corrected chi connectivity index (χ3v) is 2.89. The van der Waals surface area contributed by atoms with Crippen LogP contribution in [0, 0.1) is 0 Å². The van der Waals surface area contributed by atoms with Gasteiger partial charge in [0.1, 0.15) is 5.76 Å². The smallest absolute Gasteiger partial charge is 0.371 e. The summed E-state index contributed by atoms with van der Waals surface area (Å²) in [5.74, 6) is -0.435. The van der Waals surface area contributed by atoms with Crippen LogP contribution in [0.25, 0.3) is 0 Å². The van der Waals surface area contributed by atoms with Crippen molar-refractivity contribution in [3.05, 3.63) is 23.7 Å². The Morgan fingerprint density at radius 1 is 1.53 bits per heavy atom. The van der Waals surface area contributed by atoms with Crippen molar-refractivity contribution in [2.75, 3.05) is 40.4 Å². The number of ether oxygens (including phenoxy) is 1. The lowest BCUT2D eigenvalue weighted by Crippen LogP contribution is -2.32. The normalized spacial score (nSPS) is 12.8. The fourth-order valence-corrected chi connectivity index (χ4v) is 1.63. The molecule has 0 saturated carbocycles. The first kappa shape index (κ1) is 15.7. The molecule has 0 aromatic carbocycles. The number of rotatable bonds is 9. The lowest BCUT2D eigenvalue weighted by Gasteiger charge is -2.18. The van der Waals surface area contributed by atoms with Crippen molar-refractivity contribution in [2.24, 2.45) is 0 Å². The van der Waals surface area contributed by atoms with Gasteiger partial charge in [0.15, 0.2) is 0 Å². The quantitative estimate of drug-likeness (QED) is 0.702. The highest BCUT2D eigenvalue weighted by molar-refractivity contribution is 5.84. The molecule has 0 amide bonds. The average Bonchev–Trinajstić information content (AvgIpc) is 2.86. The van der Waals surface area contributed by atoms with E-state index in [0.717, 1.165) is 19.6 Å². The lowest BCUT2D eigenvalue weighted by atomic mass is 10.2. The number of furan rings is 1. The van der Waals surface area contributed by atoms with Crippen molar-refractivity contribution in [1.82, 2.24) is 10.2 Å². The van der Waals surface area contributed by atoms with Gasteiger partial charge in [-0.3, -0.25) is 0 Å². The van der Waals surface area contributed by atoms with Gasteiger partial charge < -0.3 is 24.5 Å². The van der Waals surface area contributed by atoms with Crippen LogP contribution in [-0.2, 0) is 4.74 Å². The van der Waals surface area contributed by atoms with Gasteiger partial charge in [0.05, 0.1) is 12.6 Å². The number of nitrogens with one attached hydrogen (secondary N) is 1. The molecule has 1 unspecified atom stereocenters. The van der Waals surface area contributed by atoms with Crippen LogP contribution in [-0.4, -0.2) is 56.4 Å². The monoisotopic (exact) mass is 270 g/mol. The summed E-state index contributed by atoms with van der Waals surface area (Å²) in [4.78, 5) is 12.9. The Morgan fingerprint density at radius 3 is 2.84 bits per heavy atom. The van der Waals surface area contributed by atoms with Gasteiger partial charge in [0.25, 0.3) is 0 Å². The minimum Gasteiger partial charge on any atom is -0.475 e. The molecule has 1 rings (SSSR count). The van der Waals surface area contributed by atoms with E-state index in [0.29, 0.717) is 12.4 Å². The maximum absolute atomic E-state index is 10.7. The zero-order valence-electron chi connectivity index (χ0n) is 11.7. The Hall–Kier alpha value is -1.37. The third kappa shape index (κ3) is 5.42. The van der Waals surface area contributed by atoms with Crippen molar-refractivity contribution in [1.29, 1.82) is 0 Å². The summed E-state index contributed by atoms with van der Waals surface area (Å²) in [5.41, 5.74) is 0. The first-order chi connectivity index (χ1) is 9.04. The number of carboxylic acid groups (broad SMARTS) is 1. The van der Waals surface area contributed by atoms with Crippen molar-refractivity contribution >= 4 is 5.97 Å². The lowest BCUT2D eigenvalue weighted by molar-refractivity contribution is 0.0659. The predicted octanol–water partition coefficient (Wildman–Crippen LogP) is 1.21. The zero-order chi connectivity index (χ0) is 14.3. The first-order valence-electron chi connectivity index (χ1n) is 6.28. The van der Waals surface area contributed by atoms with E-state index in [1.165, 1.54) is 6.07 Å². The molecule has 19 heavy (non-hydrogen) atoms. The van der Waals surface area contributed by atoms with Crippen molar-refractivity contribution in [3.8, 4) is 0 Å². The fraction of sp³-hybridized carbons (Fsp3) is 0.615. The standard InChI is InChI=1S/C13H22N2O4/c1-10(11-4-5-12(19-11)13(16)17)14-6-7-15(2)8-9-18-3/h4-5,10,14H,6-9H2,1-3H3,(H,16,17). The van der Waals surface area contributed by atoms with Crippen LogP contribution in [0.15, 0.2) is 16.5 Å². The van der Waals surface area contributed by atoms with E-state index in [2.05, 4.69) is 10.2 Å². The van der Waals surface area contributed by atoms with Crippen LogP contribution >= 0.6 is 0 Å². The van der Waals surface area contributed by atoms with Gasteiger partial charge >= 0.3 is 5.97 Å². The van der Waals surface area contributed by atoms with E-state index < -0.39 is 5.97 Å². The number of likely N-dealkylation sites (N-methyl/N-ethyl adjacent to an activating group) is 1. The number of nitrogens with zero attached hydrogens (tertiary/aromatic N) is 1. The van der Waals surface area contributed by atoms with Gasteiger partial charge in [-0.1, -0.05) is 0 Å². The van der Waals surface area contributed by atoms with E-state index in [-0.39, 0.29) is 11.8 Å². The van der Waals surface area contributed by atoms with E-state index in [1.54, 1.807) is 13.2 Å². The molecular weight excluding hydrogens is 248 g/mol. The van der Waals surface area contributed by atoms with Crippen molar-refractivity contribution in [2.45, 2.75) is 13.0 Å². The van der Waals surface area contributed by atoms with Gasteiger partial charge in [-0.25, -0.2) is 4.79 Å². The van der Waals surface area contributed by atoms with Crippen LogP contribution in [0.1, 0.15) is 29.3 Å². The number of hydrogen-bond donors (Lipinski definition) is 2. The molecule has 0 aliphatic rings. The molecule has 1 aromatic heterocycles. The van der Waals surface area contributed by atoms with Gasteiger partial charge in [-0.2, -0.15) is 0 Å². The van der Waals surface area contributed by atoms with E-state index in [9.17, 15) is 4.79 Å². The average molecular weight is 270 g/mol. The molecule has 0 radical (unpaired) electrons. The largest absolute Gasteiger partial charge is 0.475 e. The summed E-state index contributed by atoms with van der Waals surface area (Å²) >= 11 is 0. The summed E-state index contributed by atoms with van der Waals surface area (Å²) in [7, 11) is 3.71. The summed E-state index contributed by atoms with van der Waals surface area (Å²) in [6, 6.07) is 3.15. The molecule has 0 spiro atoms. The molecule has 1 aromatic rings. The van der Waals surface area contributed by atoms with Crippen LogP contribution < -0.4 is 5.32 Å². The maximum atomic E-state index is 10.7. The summed E-state index contributed by atoms with van der Waals surface area (Å²) in [6.07, 6.45) is 0. The minimum atomic E-state index is -1.04. The molecule has 6 heteroatoms. The second-order valence-electron chi connectivity index (χ2n) is 4.48. The van der Waals surface area contributed by atoms with Crippen molar-refractivity contribution < 1.29 is 19.1 Å². The van der Waals surface area contributed by atoms with Gasteiger partial charge in [-0.15, -0.1) is 0 Å². The Balaban J connectivity index is 2.30. The molecule has 2 N–H and O–H groups in total. The van der Waals surface area contributed by atoms with E-state index in [4.69, 9.17) is 14.3 Å². The fourth-order valence-electron chi connectivity index (χ4n) is 1.63. The molecule has 1 heterocycles. The minimum absolute atomic E-state index is 0.0103. The topological polar surface area (TPSA) is 74.9 Å². The molecule has 0 bridgehead atoms. The predicted molar refractivity (Wildman–Crippen MR) is 71.5 cm³/mol. The van der Waals surface area contributed by atoms with Crippen molar-refractivity contribution in [3.63, 3.8) is 0 Å². The summed E-state index contributed by atoms with van der Waals surface area (Å²) in [6.45, 7) is 5.23. The number of aromatic carboxylic acids is 1. The van der Waals surface area contributed by atoms with Gasteiger partial charge in [-0.05, 0) is 26.1 Å². The van der Waals surface area contributed by atoms with Gasteiger partial charge in [0.2, 0.25) is 5.76 Å². The van der Waals surface area contributed by atoms with Crippen LogP contribution in [0.3, 0.4) is 0 Å². The maximum Gasteiger partial charge on any atom is 0.371 e.